The van der Waals surface area contributed by atoms with Crippen LogP contribution in [0.2, 0.25) is 0 Å². The lowest BCUT2D eigenvalue weighted by atomic mass is 10.5. The van der Waals surface area contributed by atoms with Gasteiger partial charge in [-0.2, -0.15) is 5.26 Å². The summed E-state index contributed by atoms with van der Waals surface area (Å²) < 4.78 is 1.84. The summed E-state index contributed by atoms with van der Waals surface area (Å²) in [4.78, 5) is 5.25. The van der Waals surface area contributed by atoms with Crippen LogP contribution in [-0.4, -0.2) is 15.1 Å². The number of hydrogen-bond donors (Lipinski definition) is 0. The van der Waals surface area contributed by atoms with E-state index in [0.717, 1.165) is 15.7 Å². The quantitative estimate of drug-likeness (QED) is 0.713. The Morgan fingerprint density at radius 2 is 2.62 bits per heavy atom. The van der Waals surface area contributed by atoms with E-state index in [0.29, 0.717) is 5.69 Å². The van der Waals surface area contributed by atoms with Crippen molar-refractivity contribution in [3.05, 3.63) is 17.3 Å². The molecule has 0 radical (unpaired) electrons. The maximum Gasteiger partial charge on any atom is 0.195 e. The number of imidazole rings is 1. The third-order valence-electron chi connectivity index (χ3n) is 1.62. The molecule has 66 valence electrons. The van der Waals surface area contributed by atoms with Crippen molar-refractivity contribution < 1.29 is 0 Å². The topological polar surface area (TPSA) is 41.1 Å². The zero-order valence-electron chi connectivity index (χ0n) is 7.02. The maximum atomic E-state index is 8.93. The van der Waals surface area contributed by atoms with E-state index in [1.54, 1.807) is 23.1 Å². The molecule has 0 spiro atoms. The molecule has 0 saturated carbocycles. The number of nitrogens with zero attached hydrogens (tertiary/aromatic N) is 3. The first-order chi connectivity index (χ1) is 6.36. The van der Waals surface area contributed by atoms with Gasteiger partial charge in [0.15, 0.2) is 10.7 Å². The standard InChI is InChI=1S/C8H7N3S2/c1-2-12-7-6(5-9)11-3-4-13-8(11)10-7/h3-4H,2H2,1H3. The molecule has 0 aliphatic heterocycles. The molecule has 2 heterocycles. The van der Waals surface area contributed by atoms with Crippen LogP contribution in [0.25, 0.3) is 4.96 Å². The average molecular weight is 209 g/mol. The molecule has 0 N–H and O–H groups in total. The summed E-state index contributed by atoms with van der Waals surface area (Å²) in [5.41, 5.74) is 0.656. The predicted molar refractivity (Wildman–Crippen MR) is 54.2 cm³/mol. The van der Waals surface area contributed by atoms with Crippen LogP contribution in [0.4, 0.5) is 0 Å². The zero-order valence-corrected chi connectivity index (χ0v) is 8.65. The Hall–Kier alpha value is -0.990. The fourth-order valence-electron chi connectivity index (χ4n) is 1.10. The van der Waals surface area contributed by atoms with Gasteiger partial charge in [0.25, 0.3) is 0 Å². The second-order valence-electron chi connectivity index (χ2n) is 2.37. The number of hydrogen-bond acceptors (Lipinski definition) is 4. The van der Waals surface area contributed by atoms with Crippen LogP contribution in [0.3, 0.4) is 0 Å². The van der Waals surface area contributed by atoms with Crippen molar-refractivity contribution in [1.82, 2.24) is 9.38 Å². The van der Waals surface area contributed by atoms with E-state index >= 15 is 0 Å². The largest absolute Gasteiger partial charge is 0.281 e. The van der Waals surface area contributed by atoms with E-state index in [9.17, 15) is 0 Å². The molecular formula is C8H7N3S2. The molecule has 0 bridgehead atoms. The molecule has 0 atom stereocenters. The van der Waals surface area contributed by atoms with E-state index in [1.807, 2.05) is 16.0 Å². The predicted octanol–water partition coefficient (Wildman–Crippen LogP) is 2.38. The number of rotatable bonds is 2. The van der Waals surface area contributed by atoms with Crippen LogP contribution < -0.4 is 0 Å². The summed E-state index contributed by atoms with van der Waals surface area (Å²) in [5.74, 6) is 0.944. The molecule has 3 nitrogen and oxygen atoms in total. The van der Waals surface area contributed by atoms with Gasteiger partial charge in [0.1, 0.15) is 11.1 Å². The number of nitriles is 1. The SMILES string of the molecule is CCSc1nc2sccn2c1C#N. The lowest BCUT2D eigenvalue weighted by Gasteiger charge is -1.90. The van der Waals surface area contributed by atoms with Gasteiger partial charge in [-0.3, -0.25) is 4.40 Å². The Morgan fingerprint density at radius 1 is 1.77 bits per heavy atom. The Kier molecular flexibility index (Phi) is 2.25. The van der Waals surface area contributed by atoms with Crippen molar-refractivity contribution >= 4 is 28.1 Å². The summed E-state index contributed by atoms with van der Waals surface area (Å²) in [6, 6.07) is 2.18. The van der Waals surface area contributed by atoms with Crippen LogP contribution in [0, 0.1) is 11.3 Å². The minimum absolute atomic E-state index is 0.656. The van der Waals surface area contributed by atoms with Gasteiger partial charge in [0, 0.05) is 11.6 Å². The highest BCUT2D eigenvalue weighted by Gasteiger charge is 2.11. The molecule has 2 aromatic rings. The summed E-state index contributed by atoms with van der Waals surface area (Å²) in [6.07, 6.45) is 1.88. The molecule has 0 amide bonds. The molecule has 5 heteroatoms. The third-order valence-corrected chi connectivity index (χ3v) is 3.22. The van der Waals surface area contributed by atoms with Crippen LogP contribution in [-0.2, 0) is 0 Å². The summed E-state index contributed by atoms with van der Waals surface area (Å²) >= 11 is 3.16. The van der Waals surface area contributed by atoms with E-state index in [1.165, 1.54) is 0 Å². The van der Waals surface area contributed by atoms with E-state index in [-0.39, 0.29) is 0 Å². The molecule has 2 rings (SSSR count). The Bertz CT molecular complexity index is 463. The smallest absolute Gasteiger partial charge is 0.195 e. The molecule has 0 aromatic carbocycles. The first-order valence-corrected chi connectivity index (χ1v) is 5.71. The van der Waals surface area contributed by atoms with Crippen molar-refractivity contribution in [1.29, 1.82) is 5.26 Å². The van der Waals surface area contributed by atoms with Crippen molar-refractivity contribution in [3.8, 4) is 6.07 Å². The fourth-order valence-corrected chi connectivity index (χ4v) is 2.58. The van der Waals surface area contributed by atoms with Gasteiger partial charge in [0.05, 0.1) is 0 Å². The van der Waals surface area contributed by atoms with Gasteiger partial charge in [-0.05, 0) is 5.75 Å². The van der Waals surface area contributed by atoms with Gasteiger partial charge >= 0.3 is 0 Å². The first kappa shape index (κ1) is 8.60. The molecule has 0 aliphatic rings. The normalized spacial score (nSPS) is 10.5. The Labute approximate surface area is 84.0 Å². The maximum absolute atomic E-state index is 8.93. The minimum Gasteiger partial charge on any atom is -0.281 e. The highest BCUT2D eigenvalue weighted by atomic mass is 32.2. The van der Waals surface area contributed by atoms with Gasteiger partial charge in [-0.25, -0.2) is 4.98 Å². The van der Waals surface area contributed by atoms with Crippen LogP contribution in [0.1, 0.15) is 12.6 Å². The molecule has 0 saturated heterocycles. The average Bonchev–Trinajstić information content (AvgIpc) is 2.64. The highest BCUT2D eigenvalue weighted by molar-refractivity contribution is 7.99. The van der Waals surface area contributed by atoms with Gasteiger partial charge in [0.2, 0.25) is 0 Å². The number of thiazole rings is 1. The van der Waals surface area contributed by atoms with Gasteiger partial charge in [-0.1, -0.05) is 6.92 Å². The van der Waals surface area contributed by atoms with E-state index in [4.69, 9.17) is 5.26 Å². The van der Waals surface area contributed by atoms with E-state index in [2.05, 4.69) is 18.0 Å². The van der Waals surface area contributed by atoms with Crippen molar-refractivity contribution in [3.63, 3.8) is 0 Å². The molecule has 0 unspecified atom stereocenters. The van der Waals surface area contributed by atoms with E-state index < -0.39 is 0 Å². The molecule has 2 aromatic heterocycles. The van der Waals surface area contributed by atoms with Crippen LogP contribution in [0.5, 0.6) is 0 Å². The second-order valence-corrected chi connectivity index (χ2v) is 4.49. The second kappa shape index (κ2) is 3.40. The van der Waals surface area contributed by atoms with Gasteiger partial charge in [-0.15, -0.1) is 23.1 Å². The number of aromatic nitrogens is 2. The summed E-state index contributed by atoms with van der Waals surface area (Å²) in [5, 5.41) is 11.7. The highest BCUT2D eigenvalue weighted by Crippen LogP contribution is 2.24. The minimum atomic E-state index is 0.656. The van der Waals surface area contributed by atoms with Crippen molar-refractivity contribution in [2.75, 3.05) is 5.75 Å². The molecule has 0 fully saturated rings. The zero-order chi connectivity index (χ0) is 9.26. The molecule has 13 heavy (non-hydrogen) atoms. The Balaban J connectivity index is 2.62. The number of fused-ring (bicyclic) bond motifs is 1. The lowest BCUT2D eigenvalue weighted by Crippen LogP contribution is -1.83. The third kappa shape index (κ3) is 1.32. The monoisotopic (exact) mass is 209 g/mol. The van der Waals surface area contributed by atoms with Crippen molar-refractivity contribution in [2.24, 2.45) is 0 Å². The Morgan fingerprint density at radius 3 is 3.31 bits per heavy atom. The van der Waals surface area contributed by atoms with Crippen molar-refractivity contribution in [2.45, 2.75) is 11.9 Å². The lowest BCUT2D eigenvalue weighted by molar-refractivity contribution is 1.14. The molecular weight excluding hydrogens is 202 g/mol. The molecule has 0 aliphatic carbocycles. The number of thioether (sulfide) groups is 1. The summed E-state index contributed by atoms with van der Waals surface area (Å²) in [6.45, 7) is 2.05. The van der Waals surface area contributed by atoms with Gasteiger partial charge < -0.3 is 0 Å². The first-order valence-electron chi connectivity index (χ1n) is 3.85. The summed E-state index contributed by atoms with van der Waals surface area (Å²) in [7, 11) is 0. The fraction of sp³-hybridized carbons (Fsp3) is 0.250. The van der Waals surface area contributed by atoms with Crippen LogP contribution >= 0.6 is 23.1 Å². The van der Waals surface area contributed by atoms with Crippen LogP contribution in [0.15, 0.2) is 16.6 Å².